The number of para-hydroxylation sites is 1. The third-order valence-electron chi connectivity index (χ3n) is 4.52. The number of ether oxygens (including phenoxy) is 1. The van der Waals surface area contributed by atoms with Gasteiger partial charge in [-0.25, -0.2) is 0 Å². The van der Waals surface area contributed by atoms with Crippen molar-refractivity contribution < 1.29 is 4.74 Å². The van der Waals surface area contributed by atoms with Crippen molar-refractivity contribution in [3.05, 3.63) is 29.8 Å². The lowest BCUT2D eigenvalue weighted by molar-refractivity contribution is 0.0653. The van der Waals surface area contributed by atoms with Gasteiger partial charge in [0.2, 0.25) is 0 Å². The summed E-state index contributed by atoms with van der Waals surface area (Å²) < 4.78 is 6.09. The van der Waals surface area contributed by atoms with Gasteiger partial charge in [-0.2, -0.15) is 0 Å². The van der Waals surface area contributed by atoms with Gasteiger partial charge in [0.25, 0.3) is 0 Å². The van der Waals surface area contributed by atoms with E-state index in [1.165, 1.54) is 25.1 Å². The molecule has 1 aromatic carbocycles. The normalized spacial score (nSPS) is 28.9. The monoisotopic (exact) mass is 274 g/mol. The molecule has 0 aromatic heterocycles. The topological polar surface area (TPSA) is 24.5 Å². The minimum atomic E-state index is -0.0848. The molecule has 1 saturated heterocycles. The zero-order chi connectivity index (χ0) is 14.2. The van der Waals surface area contributed by atoms with Gasteiger partial charge in [0.1, 0.15) is 11.4 Å². The number of nitrogens with zero attached hydrogens (tertiary/aromatic N) is 1. The molecule has 2 aliphatic rings. The molecule has 110 valence electrons. The van der Waals surface area contributed by atoms with E-state index in [0.29, 0.717) is 6.04 Å². The predicted molar refractivity (Wildman–Crippen MR) is 82.1 cm³/mol. The fraction of sp³-hybridized carbons (Fsp3) is 0.647. The SMILES string of the molecule is CN1CCC(CNC2CC(C)(C)Oc3ccccc32)C1. The van der Waals surface area contributed by atoms with Gasteiger partial charge in [-0.1, -0.05) is 18.2 Å². The number of fused-ring (bicyclic) bond motifs is 1. The Morgan fingerprint density at radius 3 is 2.90 bits per heavy atom. The lowest BCUT2D eigenvalue weighted by Gasteiger charge is -2.38. The van der Waals surface area contributed by atoms with Crippen LogP contribution in [-0.2, 0) is 0 Å². The molecule has 0 bridgehead atoms. The van der Waals surface area contributed by atoms with Crippen LogP contribution in [0.1, 0.15) is 38.3 Å². The summed E-state index contributed by atoms with van der Waals surface area (Å²) in [6.45, 7) is 7.94. The van der Waals surface area contributed by atoms with Crippen LogP contribution < -0.4 is 10.1 Å². The molecule has 3 rings (SSSR count). The van der Waals surface area contributed by atoms with E-state index in [1.54, 1.807) is 0 Å². The zero-order valence-electron chi connectivity index (χ0n) is 12.9. The summed E-state index contributed by atoms with van der Waals surface area (Å²) in [6, 6.07) is 8.87. The zero-order valence-corrected chi connectivity index (χ0v) is 12.9. The fourth-order valence-electron chi connectivity index (χ4n) is 3.49. The highest BCUT2D eigenvalue weighted by Crippen LogP contribution is 2.39. The second kappa shape index (κ2) is 5.38. The number of benzene rings is 1. The van der Waals surface area contributed by atoms with Crippen molar-refractivity contribution in [1.82, 2.24) is 10.2 Å². The first-order valence-electron chi connectivity index (χ1n) is 7.73. The second-order valence-electron chi connectivity index (χ2n) is 6.98. The quantitative estimate of drug-likeness (QED) is 0.917. The largest absolute Gasteiger partial charge is 0.487 e. The van der Waals surface area contributed by atoms with Gasteiger partial charge < -0.3 is 15.0 Å². The lowest BCUT2D eigenvalue weighted by Crippen LogP contribution is -2.40. The molecule has 0 saturated carbocycles. The molecule has 0 spiro atoms. The van der Waals surface area contributed by atoms with Crippen LogP contribution in [0.25, 0.3) is 0 Å². The molecule has 1 aromatic rings. The van der Waals surface area contributed by atoms with Gasteiger partial charge in [-0.05, 0) is 52.4 Å². The van der Waals surface area contributed by atoms with E-state index >= 15 is 0 Å². The Morgan fingerprint density at radius 1 is 1.35 bits per heavy atom. The molecule has 3 heteroatoms. The molecule has 2 atom stereocenters. The van der Waals surface area contributed by atoms with Gasteiger partial charge in [-0.15, -0.1) is 0 Å². The highest BCUT2D eigenvalue weighted by Gasteiger charge is 2.33. The number of hydrogen-bond donors (Lipinski definition) is 1. The minimum Gasteiger partial charge on any atom is -0.487 e. The summed E-state index contributed by atoms with van der Waals surface area (Å²) >= 11 is 0. The predicted octanol–water partition coefficient (Wildman–Crippen LogP) is 2.83. The second-order valence-corrected chi connectivity index (χ2v) is 6.98. The Hall–Kier alpha value is -1.06. The third-order valence-corrected chi connectivity index (χ3v) is 4.52. The molecule has 0 aliphatic carbocycles. The van der Waals surface area contributed by atoms with Gasteiger partial charge in [0, 0.05) is 24.6 Å². The summed E-state index contributed by atoms with van der Waals surface area (Å²) in [6.07, 6.45) is 2.35. The van der Waals surface area contributed by atoms with Crippen LogP contribution in [0.5, 0.6) is 5.75 Å². The van der Waals surface area contributed by atoms with Crippen molar-refractivity contribution in [2.24, 2.45) is 5.92 Å². The van der Waals surface area contributed by atoms with Crippen LogP contribution in [0.2, 0.25) is 0 Å². The molecular weight excluding hydrogens is 248 g/mol. The van der Waals surface area contributed by atoms with Crippen molar-refractivity contribution >= 4 is 0 Å². The van der Waals surface area contributed by atoms with Crippen LogP contribution in [0, 0.1) is 5.92 Å². The molecule has 20 heavy (non-hydrogen) atoms. The standard InChI is InChI=1S/C17H26N2O/c1-17(2)10-15(14-6-4-5-7-16(14)20-17)18-11-13-8-9-19(3)12-13/h4-7,13,15,18H,8-12H2,1-3H3. The molecule has 1 N–H and O–H groups in total. The Kier molecular flexibility index (Phi) is 3.74. The molecule has 2 aliphatic heterocycles. The molecular formula is C17H26N2O. The summed E-state index contributed by atoms with van der Waals surface area (Å²) in [5, 5.41) is 3.79. The maximum Gasteiger partial charge on any atom is 0.124 e. The van der Waals surface area contributed by atoms with Crippen molar-refractivity contribution in [1.29, 1.82) is 0 Å². The highest BCUT2D eigenvalue weighted by atomic mass is 16.5. The molecule has 2 heterocycles. The molecule has 3 nitrogen and oxygen atoms in total. The average Bonchev–Trinajstić information content (AvgIpc) is 2.80. The summed E-state index contributed by atoms with van der Waals surface area (Å²) in [4.78, 5) is 2.42. The summed E-state index contributed by atoms with van der Waals surface area (Å²) in [5.41, 5.74) is 1.23. The molecule has 0 amide bonds. The Bertz CT molecular complexity index is 472. The van der Waals surface area contributed by atoms with E-state index in [-0.39, 0.29) is 5.60 Å². The molecule has 0 radical (unpaired) electrons. The lowest BCUT2D eigenvalue weighted by atomic mass is 9.89. The van der Waals surface area contributed by atoms with Crippen molar-refractivity contribution in [2.75, 3.05) is 26.7 Å². The van der Waals surface area contributed by atoms with E-state index in [1.807, 2.05) is 0 Å². The Morgan fingerprint density at radius 2 is 2.15 bits per heavy atom. The molecule has 2 unspecified atom stereocenters. The average molecular weight is 274 g/mol. The van der Waals surface area contributed by atoms with Gasteiger partial charge in [-0.3, -0.25) is 0 Å². The van der Waals surface area contributed by atoms with E-state index < -0.39 is 0 Å². The van der Waals surface area contributed by atoms with Gasteiger partial charge in [0.15, 0.2) is 0 Å². The van der Waals surface area contributed by atoms with Crippen molar-refractivity contribution in [3.63, 3.8) is 0 Å². The highest BCUT2D eigenvalue weighted by molar-refractivity contribution is 5.38. The minimum absolute atomic E-state index is 0.0848. The first kappa shape index (κ1) is 13.9. The van der Waals surface area contributed by atoms with Gasteiger partial charge in [0.05, 0.1) is 0 Å². The van der Waals surface area contributed by atoms with Crippen LogP contribution in [0.4, 0.5) is 0 Å². The van der Waals surface area contributed by atoms with Gasteiger partial charge >= 0.3 is 0 Å². The molecule has 1 fully saturated rings. The number of likely N-dealkylation sites (tertiary alicyclic amines) is 1. The number of rotatable bonds is 3. The maximum atomic E-state index is 6.09. The number of hydrogen-bond acceptors (Lipinski definition) is 3. The van der Waals surface area contributed by atoms with E-state index in [2.05, 4.69) is 55.4 Å². The van der Waals surface area contributed by atoms with Crippen LogP contribution >= 0.6 is 0 Å². The van der Waals surface area contributed by atoms with E-state index in [9.17, 15) is 0 Å². The van der Waals surface area contributed by atoms with Crippen molar-refractivity contribution in [2.45, 2.75) is 38.3 Å². The van der Waals surface area contributed by atoms with Crippen LogP contribution in [-0.4, -0.2) is 37.2 Å². The van der Waals surface area contributed by atoms with Crippen LogP contribution in [0.15, 0.2) is 24.3 Å². The first-order valence-corrected chi connectivity index (χ1v) is 7.73. The number of nitrogens with one attached hydrogen (secondary N) is 1. The smallest absolute Gasteiger partial charge is 0.124 e. The third kappa shape index (κ3) is 2.99. The maximum absolute atomic E-state index is 6.09. The summed E-state index contributed by atoms with van der Waals surface area (Å²) in [7, 11) is 2.22. The Balaban J connectivity index is 1.69. The fourth-order valence-corrected chi connectivity index (χ4v) is 3.49. The van der Waals surface area contributed by atoms with Crippen LogP contribution in [0.3, 0.4) is 0 Å². The van der Waals surface area contributed by atoms with E-state index in [4.69, 9.17) is 4.74 Å². The Labute approximate surface area is 122 Å². The van der Waals surface area contributed by atoms with Crippen molar-refractivity contribution in [3.8, 4) is 5.75 Å². The first-order chi connectivity index (χ1) is 9.53. The van der Waals surface area contributed by atoms with E-state index in [0.717, 1.165) is 24.6 Å². The summed E-state index contributed by atoms with van der Waals surface area (Å²) in [5.74, 6) is 1.84.